The van der Waals surface area contributed by atoms with Crippen molar-refractivity contribution in [2.24, 2.45) is 11.8 Å². The normalized spacial score (nSPS) is 40.6. The predicted molar refractivity (Wildman–Crippen MR) is 41.7 cm³/mol. The summed E-state index contributed by atoms with van der Waals surface area (Å²) >= 11 is 0. The standard InChI is InChI=1S/C8H13NO3/c10-7(11)4-9-2-5-1-6(3-9)8(5)12/h5-6,8,12H,1-4H2,(H,10,11). The molecule has 4 heteroatoms. The molecule has 2 aliphatic heterocycles. The maximum absolute atomic E-state index is 10.4. The highest BCUT2D eigenvalue weighted by Gasteiger charge is 2.45. The van der Waals surface area contributed by atoms with Gasteiger partial charge in [0.05, 0.1) is 12.6 Å². The number of aliphatic hydroxyl groups excluding tert-OH is 1. The van der Waals surface area contributed by atoms with Gasteiger partial charge in [-0.05, 0) is 18.3 Å². The Bertz CT molecular complexity index is 194. The quantitative estimate of drug-likeness (QED) is 0.581. The van der Waals surface area contributed by atoms with Gasteiger partial charge >= 0.3 is 5.97 Å². The summed E-state index contributed by atoms with van der Waals surface area (Å²) in [6.07, 6.45) is 0.923. The topological polar surface area (TPSA) is 60.8 Å². The number of piperidine rings is 2. The largest absolute Gasteiger partial charge is 0.480 e. The number of hydrogen-bond acceptors (Lipinski definition) is 3. The van der Waals surface area contributed by atoms with Crippen LogP contribution < -0.4 is 0 Å². The second-order valence-corrected chi connectivity index (χ2v) is 3.83. The van der Waals surface area contributed by atoms with Crippen molar-refractivity contribution in [1.82, 2.24) is 4.90 Å². The lowest BCUT2D eigenvalue weighted by molar-refractivity contribution is -0.145. The number of hydrogen-bond donors (Lipinski definition) is 2. The predicted octanol–water partition coefficient (Wildman–Crippen LogP) is -0.616. The maximum Gasteiger partial charge on any atom is 0.317 e. The first-order valence-electron chi connectivity index (χ1n) is 4.29. The van der Waals surface area contributed by atoms with E-state index in [0.717, 1.165) is 19.5 Å². The molecule has 3 fully saturated rings. The highest BCUT2D eigenvalue weighted by Crippen LogP contribution is 2.39. The average molecular weight is 171 g/mol. The van der Waals surface area contributed by atoms with Crippen molar-refractivity contribution in [3.8, 4) is 0 Å². The fourth-order valence-corrected chi connectivity index (χ4v) is 2.28. The van der Waals surface area contributed by atoms with E-state index in [4.69, 9.17) is 5.11 Å². The Morgan fingerprint density at radius 3 is 2.42 bits per heavy atom. The summed E-state index contributed by atoms with van der Waals surface area (Å²) in [6.45, 7) is 1.63. The lowest BCUT2D eigenvalue weighted by Gasteiger charge is -2.50. The summed E-state index contributed by atoms with van der Waals surface area (Å²) in [5.74, 6) is -0.100. The molecule has 1 saturated carbocycles. The van der Waals surface area contributed by atoms with Crippen LogP contribution in [0, 0.1) is 11.8 Å². The van der Waals surface area contributed by atoms with Crippen LogP contribution in [0.15, 0.2) is 0 Å². The highest BCUT2D eigenvalue weighted by molar-refractivity contribution is 5.69. The van der Waals surface area contributed by atoms with Crippen molar-refractivity contribution in [2.75, 3.05) is 19.6 Å². The van der Waals surface area contributed by atoms with Gasteiger partial charge in [-0.15, -0.1) is 0 Å². The molecule has 4 nitrogen and oxygen atoms in total. The van der Waals surface area contributed by atoms with E-state index in [1.54, 1.807) is 0 Å². The molecular formula is C8H13NO3. The lowest BCUT2D eigenvalue weighted by Crippen LogP contribution is -2.58. The minimum atomic E-state index is -0.772. The number of carboxylic acid groups (broad SMARTS) is 1. The van der Waals surface area contributed by atoms with Crippen LogP contribution in [0.4, 0.5) is 0 Å². The second kappa shape index (κ2) is 2.71. The number of fused-ring (bicyclic) bond motifs is 2. The molecule has 12 heavy (non-hydrogen) atoms. The molecule has 2 bridgehead atoms. The van der Waals surface area contributed by atoms with E-state index in [0.29, 0.717) is 11.8 Å². The molecule has 3 aliphatic rings. The average Bonchev–Trinajstić information content (AvgIpc) is 2.02. The summed E-state index contributed by atoms with van der Waals surface area (Å²) in [5, 5.41) is 17.9. The minimum absolute atomic E-state index is 0.125. The van der Waals surface area contributed by atoms with E-state index < -0.39 is 5.97 Å². The van der Waals surface area contributed by atoms with Crippen LogP contribution in [0.3, 0.4) is 0 Å². The Kier molecular flexibility index (Phi) is 1.81. The molecule has 2 N–H and O–H groups in total. The Balaban J connectivity index is 1.86. The Morgan fingerprint density at radius 1 is 1.42 bits per heavy atom. The van der Waals surface area contributed by atoms with Crippen LogP contribution in [0.1, 0.15) is 6.42 Å². The number of aliphatic carboxylic acids is 1. The van der Waals surface area contributed by atoms with Crippen LogP contribution in [0.25, 0.3) is 0 Å². The lowest BCUT2D eigenvalue weighted by atomic mass is 9.68. The summed E-state index contributed by atoms with van der Waals surface area (Å²) in [6, 6.07) is 0. The van der Waals surface area contributed by atoms with E-state index >= 15 is 0 Å². The van der Waals surface area contributed by atoms with E-state index in [1.165, 1.54) is 0 Å². The highest BCUT2D eigenvalue weighted by atomic mass is 16.4. The third kappa shape index (κ3) is 1.21. The number of carboxylic acids is 1. The van der Waals surface area contributed by atoms with E-state index in [9.17, 15) is 9.90 Å². The molecule has 2 heterocycles. The van der Waals surface area contributed by atoms with Crippen molar-refractivity contribution in [3.63, 3.8) is 0 Å². The van der Waals surface area contributed by atoms with Crippen LogP contribution in [-0.4, -0.2) is 46.8 Å². The molecule has 0 aromatic rings. The third-order valence-electron chi connectivity index (χ3n) is 2.92. The van der Waals surface area contributed by atoms with Gasteiger partial charge in [-0.25, -0.2) is 0 Å². The minimum Gasteiger partial charge on any atom is -0.480 e. The molecule has 0 radical (unpaired) electrons. The summed E-state index contributed by atoms with van der Waals surface area (Å²) < 4.78 is 0. The van der Waals surface area contributed by atoms with Gasteiger partial charge in [-0.3, -0.25) is 9.69 Å². The molecule has 0 aromatic carbocycles. The van der Waals surface area contributed by atoms with Crippen molar-refractivity contribution in [1.29, 1.82) is 0 Å². The van der Waals surface area contributed by atoms with Gasteiger partial charge in [0.15, 0.2) is 0 Å². The zero-order chi connectivity index (χ0) is 8.72. The first-order valence-corrected chi connectivity index (χ1v) is 4.29. The number of rotatable bonds is 2. The number of aliphatic hydroxyl groups is 1. The van der Waals surface area contributed by atoms with Crippen LogP contribution in [0.5, 0.6) is 0 Å². The summed E-state index contributed by atoms with van der Waals surface area (Å²) in [5.41, 5.74) is 0. The van der Waals surface area contributed by atoms with Gasteiger partial charge in [0, 0.05) is 13.1 Å². The molecule has 1 aliphatic carbocycles. The van der Waals surface area contributed by atoms with Crippen LogP contribution >= 0.6 is 0 Å². The van der Waals surface area contributed by atoms with Crippen LogP contribution in [0.2, 0.25) is 0 Å². The van der Waals surface area contributed by atoms with Gasteiger partial charge in [-0.2, -0.15) is 0 Å². The van der Waals surface area contributed by atoms with Crippen molar-refractivity contribution < 1.29 is 15.0 Å². The summed E-state index contributed by atoms with van der Waals surface area (Å²) in [7, 11) is 0. The zero-order valence-corrected chi connectivity index (χ0v) is 6.81. The maximum atomic E-state index is 10.4. The van der Waals surface area contributed by atoms with Gasteiger partial charge in [0.1, 0.15) is 0 Å². The van der Waals surface area contributed by atoms with E-state index in [1.807, 2.05) is 4.90 Å². The SMILES string of the molecule is O=C(O)CN1CC2CC(C1)C2O. The van der Waals surface area contributed by atoms with Gasteiger partial charge in [-0.1, -0.05) is 0 Å². The van der Waals surface area contributed by atoms with Crippen LogP contribution in [-0.2, 0) is 4.79 Å². The van der Waals surface area contributed by atoms with Crippen molar-refractivity contribution in [3.05, 3.63) is 0 Å². The fraction of sp³-hybridized carbons (Fsp3) is 0.875. The van der Waals surface area contributed by atoms with Crippen molar-refractivity contribution in [2.45, 2.75) is 12.5 Å². The molecule has 68 valence electrons. The second-order valence-electron chi connectivity index (χ2n) is 3.83. The molecule has 2 saturated heterocycles. The Hall–Kier alpha value is -0.610. The monoisotopic (exact) mass is 171 g/mol. The van der Waals surface area contributed by atoms with Gasteiger partial charge in [0.2, 0.25) is 0 Å². The first kappa shape index (κ1) is 8.01. The molecule has 0 spiro atoms. The van der Waals surface area contributed by atoms with Gasteiger partial charge in [0.25, 0.3) is 0 Å². The molecule has 0 amide bonds. The first-order chi connectivity index (χ1) is 5.66. The number of carbonyl (C=O) groups is 1. The molecule has 0 aromatic heterocycles. The van der Waals surface area contributed by atoms with Crippen molar-refractivity contribution >= 4 is 5.97 Å². The molecule has 2 atom stereocenters. The Labute approximate surface area is 70.8 Å². The van der Waals surface area contributed by atoms with E-state index in [-0.39, 0.29) is 12.6 Å². The number of nitrogens with zero attached hydrogens (tertiary/aromatic N) is 1. The van der Waals surface area contributed by atoms with Gasteiger partial charge < -0.3 is 10.2 Å². The smallest absolute Gasteiger partial charge is 0.317 e. The molecule has 3 rings (SSSR count). The fourth-order valence-electron chi connectivity index (χ4n) is 2.28. The van der Waals surface area contributed by atoms with E-state index in [2.05, 4.69) is 0 Å². The Morgan fingerprint density at radius 2 is 2.00 bits per heavy atom. The molecule has 2 unspecified atom stereocenters. The zero-order valence-electron chi connectivity index (χ0n) is 6.81. The third-order valence-corrected chi connectivity index (χ3v) is 2.92. The molecular weight excluding hydrogens is 158 g/mol. The summed E-state index contributed by atoms with van der Waals surface area (Å²) in [4.78, 5) is 12.3.